The number of hydrogen-bond acceptors (Lipinski definition) is 6. The number of phenolic OH excluding ortho intramolecular Hbond substituents is 1. The molecule has 1 amide bonds. The zero-order chi connectivity index (χ0) is 15.8. The van der Waals surface area contributed by atoms with Gasteiger partial charge >= 0.3 is 0 Å². The number of oxime groups is 1. The Bertz CT molecular complexity index is 565. The van der Waals surface area contributed by atoms with Gasteiger partial charge in [0.2, 0.25) is 0 Å². The minimum absolute atomic E-state index is 0.0766. The number of hydrogen-bond donors (Lipinski definition) is 3. The first-order chi connectivity index (χ1) is 9.97. The molecule has 0 aliphatic carbocycles. The van der Waals surface area contributed by atoms with E-state index in [1.165, 1.54) is 13.2 Å². The summed E-state index contributed by atoms with van der Waals surface area (Å²) in [6.07, 6.45) is 0.0918. The van der Waals surface area contributed by atoms with Crippen LogP contribution in [0.5, 0.6) is 5.75 Å². The summed E-state index contributed by atoms with van der Waals surface area (Å²) in [6.45, 7) is 0.136. The van der Waals surface area contributed by atoms with Crippen LogP contribution >= 0.6 is 15.9 Å². The Labute approximate surface area is 132 Å². The molecule has 0 spiro atoms. The molecule has 1 aromatic rings. The number of carbonyl (C=O) groups is 1. The van der Waals surface area contributed by atoms with E-state index in [1.54, 1.807) is 12.1 Å². The van der Waals surface area contributed by atoms with Crippen LogP contribution in [0.25, 0.3) is 0 Å². The van der Waals surface area contributed by atoms with E-state index in [9.17, 15) is 14.1 Å². The summed E-state index contributed by atoms with van der Waals surface area (Å²) < 4.78 is 16.1. The van der Waals surface area contributed by atoms with E-state index >= 15 is 0 Å². The van der Waals surface area contributed by atoms with Crippen LogP contribution in [0.1, 0.15) is 5.56 Å². The average molecular weight is 379 g/mol. The molecule has 0 saturated heterocycles. The molecule has 0 aliphatic heterocycles. The summed E-state index contributed by atoms with van der Waals surface area (Å²) in [5.41, 5.74) is 0.596. The molecular weight excluding hydrogens is 364 g/mol. The second-order valence-corrected chi connectivity index (χ2v) is 6.14. The van der Waals surface area contributed by atoms with Crippen molar-refractivity contribution in [1.82, 2.24) is 5.32 Å². The molecule has 0 saturated carbocycles. The maximum atomic E-state index is 11.8. The first kappa shape index (κ1) is 17.6. The normalized spacial score (nSPS) is 13.0. The van der Waals surface area contributed by atoms with Crippen molar-refractivity contribution in [3.8, 4) is 5.75 Å². The standard InChI is InChI=1S/C12H15BrN2O5S/c1-20-21(19)5-4-14-12(17)10(15-18)7-8-2-3-11(16)9(13)6-8/h2-3,6,16,18H,4-5,7H2,1H3,(H,14,17)/b15-10+. The van der Waals surface area contributed by atoms with Crippen molar-refractivity contribution in [3.63, 3.8) is 0 Å². The van der Waals surface area contributed by atoms with Gasteiger partial charge in [-0.3, -0.25) is 8.98 Å². The third kappa shape index (κ3) is 5.82. The van der Waals surface area contributed by atoms with E-state index in [4.69, 9.17) is 5.21 Å². The molecule has 21 heavy (non-hydrogen) atoms. The molecule has 0 fully saturated rings. The highest BCUT2D eigenvalue weighted by atomic mass is 79.9. The van der Waals surface area contributed by atoms with Crippen molar-refractivity contribution in [2.45, 2.75) is 6.42 Å². The van der Waals surface area contributed by atoms with Crippen molar-refractivity contribution in [2.24, 2.45) is 5.16 Å². The molecule has 0 bridgehead atoms. The Kier molecular flexibility index (Phi) is 7.34. The quantitative estimate of drug-likeness (QED) is 0.372. The lowest BCUT2D eigenvalue weighted by atomic mass is 10.1. The second-order valence-electron chi connectivity index (χ2n) is 3.94. The van der Waals surface area contributed by atoms with Crippen LogP contribution < -0.4 is 5.32 Å². The lowest BCUT2D eigenvalue weighted by Crippen LogP contribution is -2.35. The van der Waals surface area contributed by atoms with Gasteiger partial charge in [0.15, 0.2) is 11.1 Å². The lowest BCUT2D eigenvalue weighted by Gasteiger charge is -2.07. The van der Waals surface area contributed by atoms with E-state index in [1.807, 2.05) is 0 Å². The number of amides is 1. The molecule has 116 valence electrons. The third-order valence-electron chi connectivity index (χ3n) is 2.51. The van der Waals surface area contributed by atoms with Crippen molar-refractivity contribution >= 4 is 38.6 Å². The van der Waals surface area contributed by atoms with Crippen LogP contribution in [0, 0.1) is 0 Å². The summed E-state index contributed by atoms with van der Waals surface area (Å²) in [5, 5.41) is 23.8. The van der Waals surface area contributed by atoms with Gasteiger partial charge in [-0.05, 0) is 33.6 Å². The Hall–Kier alpha value is -1.45. The highest BCUT2D eigenvalue weighted by molar-refractivity contribution is 9.10. The van der Waals surface area contributed by atoms with Crippen molar-refractivity contribution in [3.05, 3.63) is 28.2 Å². The zero-order valence-corrected chi connectivity index (χ0v) is 13.6. The minimum Gasteiger partial charge on any atom is -0.507 e. The summed E-state index contributed by atoms with van der Waals surface area (Å²) in [5.74, 6) is -0.339. The topological polar surface area (TPSA) is 108 Å². The number of rotatable bonds is 7. The Morgan fingerprint density at radius 1 is 1.52 bits per heavy atom. The average Bonchev–Trinajstić information content (AvgIpc) is 2.47. The molecule has 0 aromatic heterocycles. The number of halogens is 1. The Morgan fingerprint density at radius 2 is 2.24 bits per heavy atom. The van der Waals surface area contributed by atoms with E-state index in [-0.39, 0.29) is 30.2 Å². The van der Waals surface area contributed by atoms with Gasteiger partial charge in [0.05, 0.1) is 17.3 Å². The fourth-order valence-corrected chi connectivity index (χ4v) is 2.31. The second kappa shape index (κ2) is 8.75. The van der Waals surface area contributed by atoms with Gasteiger partial charge in [-0.1, -0.05) is 11.2 Å². The largest absolute Gasteiger partial charge is 0.507 e. The van der Waals surface area contributed by atoms with Crippen molar-refractivity contribution in [1.29, 1.82) is 0 Å². The van der Waals surface area contributed by atoms with Gasteiger partial charge in [0.1, 0.15) is 11.5 Å². The molecule has 0 radical (unpaired) electrons. The van der Waals surface area contributed by atoms with Crippen LogP contribution in [-0.4, -0.2) is 45.5 Å². The molecule has 1 atom stereocenters. The fourth-order valence-electron chi connectivity index (χ4n) is 1.45. The zero-order valence-electron chi connectivity index (χ0n) is 11.2. The van der Waals surface area contributed by atoms with Crippen LogP contribution in [0.4, 0.5) is 0 Å². The third-order valence-corrected chi connectivity index (χ3v) is 4.05. The van der Waals surface area contributed by atoms with E-state index in [0.29, 0.717) is 10.0 Å². The Morgan fingerprint density at radius 3 is 2.81 bits per heavy atom. The summed E-state index contributed by atoms with van der Waals surface area (Å²) >= 11 is 1.71. The van der Waals surface area contributed by atoms with Gasteiger partial charge in [0, 0.05) is 13.0 Å². The number of benzene rings is 1. The van der Waals surface area contributed by atoms with Gasteiger partial charge < -0.3 is 15.6 Å². The Balaban J connectivity index is 2.60. The molecular formula is C12H15BrN2O5S. The smallest absolute Gasteiger partial charge is 0.269 e. The number of aromatic hydroxyl groups is 1. The molecule has 3 N–H and O–H groups in total. The van der Waals surface area contributed by atoms with E-state index in [0.717, 1.165) is 0 Å². The number of nitrogens with zero attached hydrogens (tertiary/aromatic N) is 1. The molecule has 9 heteroatoms. The summed E-state index contributed by atoms with van der Waals surface area (Å²) in [7, 11) is 1.31. The fraction of sp³-hybridized carbons (Fsp3) is 0.333. The van der Waals surface area contributed by atoms with Gasteiger partial charge in [-0.15, -0.1) is 0 Å². The lowest BCUT2D eigenvalue weighted by molar-refractivity contribution is -0.114. The summed E-state index contributed by atoms with van der Waals surface area (Å²) in [6, 6.07) is 4.69. The molecule has 7 nitrogen and oxygen atoms in total. The molecule has 1 unspecified atom stereocenters. The maximum Gasteiger partial charge on any atom is 0.269 e. The van der Waals surface area contributed by atoms with Crippen molar-refractivity contribution in [2.75, 3.05) is 19.4 Å². The molecule has 0 aliphatic rings. The predicted octanol–water partition coefficient (Wildman–Crippen LogP) is 0.954. The minimum atomic E-state index is -1.45. The molecule has 0 heterocycles. The first-order valence-electron chi connectivity index (χ1n) is 5.87. The number of nitrogens with one attached hydrogen (secondary N) is 1. The maximum absolute atomic E-state index is 11.8. The number of phenols is 1. The first-order valence-corrected chi connectivity index (χ1v) is 7.91. The van der Waals surface area contributed by atoms with E-state index in [2.05, 4.69) is 30.6 Å². The predicted molar refractivity (Wildman–Crippen MR) is 81.8 cm³/mol. The molecule has 1 rings (SSSR count). The highest BCUT2D eigenvalue weighted by Gasteiger charge is 2.14. The number of carbonyl (C=O) groups excluding carboxylic acids is 1. The van der Waals surface area contributed by atoms with Crippen molar-refractivity contribution < 1.29 is 23.5 Å². The van der Waals surface area contributed by atoms with Crippen LogP contribution in [0.3, 0.4) is 0 Å². The highest BCUT2D eigenvalue weighted by Crippen LogP contribution is 2.24. The summed E-state index contributed by atoms with van der Waals surface area (Å²) in [4.78, 5) is 11.8. The monoisotopic (exact) mass is 378 g/mol. The van der Waals surface area contributed by atoms with Gasteiger partial charge in [0.25, 0.3) is 5.91 Å². The van der Waals surface area contributed by atoms with Gasteiger partial charge in [-0.2, -0.15) is 0 Å². The molecule has 1 aromatic carbocycles. The van der Waals surface area contributed by atoms with Crippen LogP contribution in [0.2, 0.25) is 0 Å². The SMILES string of the molecule is COS(=O)CCNC(=O)/C(Cc1ccc(O)c(Br)c1)=N/O. The van der Waals surface area contributed by atoms with Gasteiger partial charge in [-0.25, -0.2) is 4.21 Å². The van der Waals surface area contributed by atoms with Crippen LogP contribution in [0.15, 0.2) is 27.8 Å². The van der Waals surface area contributed by atoms with Crippen LogP contribution in [-0.2, 0) is 26.5 Å². The van der Waals surface area contributed by atoms with E-state index < -0.39 is 17.0 Å².